The molecule has 0 saturated heterocycles. The molecule has 6 heteroatoms. The highest BCUT2D eigenvalue weighted by Crippen LogP contribution is 2.20. The van der Waals surface area contributed by atoms with Crippen LogP contribution >= 0.6 is 24.0 Å². The lowest BCUT2D eigenvalue weighted by Crippen LogP contribution is -2.11. The quantitative estimate of drug-likeness (QED) is 0.487. The molecule has 15 heavy (non-hydrogen) atoms. The predicted molar refractivity (Wildman–Crippen MR) is 63.6 cm³/mol. The summed E-state index contributed by atoms with van der Waals surface area (Å²) in [5.74, 6) is 7.12. The Kier molecular flexibility index (Phi) is 3.08. The molecule has 0 bridgehead atoms. The lowest BCUT2D eigenvalue weighted by Gasteiger charge is -2.00. The molecule has 3 N–H and O–H groups in total. The summed E-state index contributed by atoms with van der Waals surface area (Å²) in [7, 11) is 0. The van der Waals surface area contributed by atoms with Gasteiger partial charge in [-0.05, 0) is 24.4 Å². The van der Waals surface area contributed by atoms with Crippen LogP contribution in [0.1, 0.15) is 5.82 Å². The highest BCUT2D eigenvalue weighted by atomic mass is 32.2. The van der Waals surface area contributed by atoms with Gasteiger partial charge in [-0.2, -0.15) is 5.10 Å². The molecule has 0 aliphatic heterocycles. The number of nitrogens with one attached hydrogen (secondary N) is 1. The Morgan fingerprint density at radius 3 is 2.73 bits per heavy atom. The lowest BCUT2D eigenvalue weighted by molar-refractivity contribution is 0.906. The Morgan fingerprint density at radius 1 is 1.40 bits per heavy atom. The number of thioether (sulfide) groups is 1. The summed E-state index contributed by atoms with van der Waals surface area (Å²) in [5.41, 5.74) is 0. The molecular formula is C9H10N4S2. The number of nitrogen functional groups attached to an aromatic ring is 1. The second-order valence-electron chi connectivity index (χ2n) is 2.92. The maximum Gasteiger partial charge on any atom is 0.214 e. The molecule has 0 aliphatic carbocycles. The molecule has 0 fully saturated rings. The topological polar surface area (TPSA) is 59.6 Å². The van der Waals surface area contributed by atoms with Crippen LogP contribution in [0.15, 0.2) is 35.2 Å². The van der Waals surface area contributed by atoms with Crippen molar-refractivity contribution in [1.82, 2.24) is 14.9 Å². The van der Waals surface area contributed by atoms with E-state index in [1.807, 2.05) is 30.3 Å². The van der Waals surface area contributed by atoms with E-state index >= 15 is 0 Å². The molecule has 2 rings (SSSR count). The molecule has 1 aromatic carbocycles. The number of aromatic amines is 1. The molecular weight excluding hydrogens is 228 g/mol. The van der Waals surface area contributed by atoms with Crippen molar-refractivity contribution in [1.29, 1.82) is 0 Å². The van der Waals surface area contributed by atoms with E-state index < -0.39 is 0 Å². The van der Waals surface area contributed by atoms with Crippen molar-refractivity contribution in [3.05, 3.63) is 40.9 Å². The zero-order valence-electron chi connectivity index (χ0n) is 7.88. The van der Waals surface area contributed by atoms with Gasteiger partial charge in [0, 0.05) is 4.90 Å². The Morgan fingerprint density at radius 2 is 2.13 bits per heavy atom. The summed E-state index contributed by atoms with van der Waals surface area (Å²) in [6.45, 7) is 0. The molecule has 0 aliphatic rings. The summed E-state index contributed by atoms with van der Waals surface area (Å²) >= 11 is 6.59. The number of aromatic nitrogens is 3. The second-order valence-corrected chi connectivity index (χ2v) is 4.35. The van der Waals surface area contributed by atoms with Crippen LogP contribution in [0.25, 0.3) is 0 Å². The van der Waals surface area contributed by atoms with Crippen LogP contribution in [-0.4, -0.2) is 14.9 Å². The van der Waals surface area contributed by atoms with Gasteiger partial charge in [-0.15, -0.1) is 11.8 Å². The normalized spacial score (nSPS) is 10.4. The maximum atomic E-state index is 5.67. The van der Waals surface area contributed by atoms with Gasteiger partial charge < -0.3 is 5.84 Å². The Hall–Kier alpha value is -1.27. The fourth-order valence-corrected chi connectivity index (χ4v) is 2.10. The van der Waals surface area contributed by atoms with Gasteiger partial charge in [0.25, 0.3) is 0 Å². The fraction of sp³-hybridized carbons (Fsp3) is 0.111. The highest BCUT2D eigenvalue weighted by Gasteiger charge is 2.03. The van der Waals surface area contributed by atoms with E-state index in [0.717, 1.165) is 5.82 Å². The van der Waals surface area contributed by atoms with E-state index in [1.165, 1.54) is 9.57 Å². The number of H-pyrrole nitrogens is 1. The van der Waals surface area contributed by atoms with Crippen LogP contribution in [0.5, 0.6) is 0 Å². The van der Waals surface area contributed by atoms with Crippen molar-refractivity contribution in [2.24, 2.45) is 0 Å². The van der Waals surface area contributed by atoms with Crippen molar-refractivity contribution in [2.45, 2.75) is 10.6 Å². The number of rotatable bonds is 3. The van der Waals surface area contributed by atoms with E-state index in [-0.39, 0.29) is 0 Å². The maximum absolute atomic E-state index is 5.67. The van der Waals surface area contributed by atoms with Gasteiger partial charge in [0.05, 0.1) is 5.75 Å². The minimum Gasteiger partial charge on any atom is -0.335 e. The summed E-state index contributed by atoms with van der Waals surface area (Å²) in [6.07, 6.45) is 0. The standard InChI is InChI=1S/C9H10N4S2/c10-13-8(11-12-9(13)14)6-15-7-4-2-1-3-5-7/h1-5H,6,10H2,(H,12,14). The van der Waals surface area contributed by atoms with Gasteiger partial charge in [0.15, 0.2) is 5.82 Å². The largest absolute Gasteiger partial charge is 0.335 e. The molecule has 4 nitrogen and oxygen atoms in total. The van der Waals surface area contributed by atoms with E-state index in [0.29, 0.717) is 10.5 Å². The van der Waals surface area contributed by atoms with Crippen LogP contribution in [-0.2, 0) is 5.75 Å². The van der Waals surface area contributed by atoms with Gasteiger partial charge in [0.2, 0.25) is 4.77 Å². The first-order chi connectivity index (χ1) is 7.27. The number of nitrogens with zero attached hydrogens (tertiary/aromatic N) is 2. The fourth-order valence-electron chi connectivity index (χ4n) is 1.10. The van der Waals surface area contributed by atoms with Crippen molar-refractivity contribution >= 4 is 24.0 Å². The Balaban J connectivity index is 2.06. The van der Waals surface area contributed by atoms with Gasteiger partial charge in [-0.1, -0.05) is 18.2 Å². The number of hydrogen-bond donors (Lipinski definition) is 2. The Bertz CT molecular complexity index is 488. The molecule has 0 unspecified atom stereocenters. The van der Waals surface area contributed by atoms with Crippen molar-refractivity contribution in [2.75, 3.05) is 5.84 Å². The molecule has 0 atom stereocenters. The molecule has 0 radical (unpaired) electrons. The predicted octanol–water partition coefficient (Wildman–Crippen LogP) is 1.95. The summed E-state index contributed by atoms with van der Waals surface area (Å²) in [6, 6.07) is 10.1. The molecule has 0 amide bonds. The molecule has 1 heterocycles. The Labute approximate surface area is 96.5 Å². The zero-order chi connectivity index (χ0) is 10.7. The first-order valence-corrected chi connectivity index (χ1v) is 5.76. The van der Waals surface area contributed by atoms with E-state index in [2.05, 4.69) is 10.2 Å². The summed E-state index contributed by atoms with van der Waals surface area (Å²) < 4.78 is 1.84. The molecule has 0 spiro atoms. The minimum absolute atomic E-state index is 0.443. The lowest BCUT2D eigenvalue weighted by atomic mass is 10.4. The average Bonchev–Trinajstić information content (AvgIpc) is 2.59. The third-order valence-electron chi connectivity index (χ3n) is 1.89. The average molecular weight is 238 g/mol. The minimum atomic E-state index is 0.443. The summed E-state index contributed by atoms with van der Waals surface area (Å²) in [5, 5.41) is 6.68. The van der Waals surface area contributed by atoms with E-state index in [1.54, 1.807) is 11.8 Å². The van der Waals surface area contributed by atoms with Gasteiger partial charge in [-0.25, -0.2) is 4.68 Å². The van der Waals surface area contributed by atoms with Crippen molar-refractivity contribution < 1.29 is 0 Å². The first kappa shape index (κ1) is 10.3. The van der Waals surface area contributed by atoms with Gasteiger partial charge in [-0.3, -0.25) is 5.10 Å². The SMILES string of the molecule is Nn1c(CSc2ccccc2)n[nH]c1=S. The third-order valence-corrected chi connectivity index (χ3v) is 3.18. The van der Waals surface area contributed by atoms with Gasteiger partial charge in [0.1, 0.15) is 0 Å². The van der Waals surface area contributed by atoms with Crippen LogP contribution in [0.2, 0.25) is 0 Å². The van der Waals surface area contributed by atoms with E-state index in [9.17, 15) is 0 Å². The molecule has 0 saturated carbocycles. The number of hydrogen-bond acceptors (Lipinski definition) is 4. The molecule has 78 valence electrons. The van der Waals surface area contributed by atoms with Crippen molar-refractivity contribution in [3.63, 3.8) is 0 Å². The number of nitrogens with two attached hydrogens (primary N) is 1. The zero-order valence-corrected chi connectivity index (χ0v) is 9.52. The van der Waals surface area contributed by atoms with Crippen molar-refractivity contribution in [3.8, 4) is 0 Å². The van der Waals surface area contributed by atoms with Crippen LogP contribution in [0.4, 0.5) is 0 Å². The van der Waals surface area contributed by atoms with Crippen LogP contribution in [0, 0.1) is 4.77 Å². The number of benzene rings is 1. The van der Waals surface area contributed by atoms with Gasteiger partial charge >= 0.3 is 0 Å². The van der Waals surface area contributed by atoms with Crippen LogP contribution < -0.4 is 5.84 Å². The highest BCUT2D eigenvalue weighted by molar-refractivity contribution is 7.98. The first-order valence-electron chi connectivity index (χ1n) is 4.36. The van der Waals surface area contributed by atoms with Crippen LogP contribution in [0.3, 0.4) is 0 Å². The summed E-state index contributed by atoms with van der Waals surface area (Å²) in [4.78, 5) is 1.19. The smallest absolute Gasteiger partial charge is 0.214 e. The molecule has 2 aromatic rings. The monoisotopic (exact) mass is 238 g/mol. The van der Waals surface area contributed by atoms with E-state index in [4.69, 9.17) is 18.1 Å². The second kappa shape index (κ2) is 4.50. The third kappa shape index (κ3) is 2.40. The molecule has 1 aromatic heterocycles.